The Kier molecular flexibility index (Phi) is 3.06. The molecule has 0 bridgehead atoms. The van der Waals surface area contributed by atoms with Crippen LogP contribution in [0, 0.1) is 5.92 Å². The maximum atomic E-state index is 6.60. The van der Waals surface area contributed by atoms with E-state index in [4.69, 9.17) is 3.76 Å². The Labute approximate surface area is 154 Å². The molecule has 2 aromatic carbocycles. The Morgan fingerprint density at radius 1 is 0.880 bits per heavy atom. The molecule has 3 aliphatic carbocycles. The van der Waals surface area contributed by atoms with E-state index in [0.29, 0.717) is 22.7 Å². The van der Waals surface area contributed by atoms with Crippen LogP contribution in [0.3, 0.4) is 0 Å². The Morgan fingerprint density at radius 2 is 1.68 bits per heavy atom. The Bertz CT molecular complexity index is 953. The van der Waals surface area contributed by atoms with Gasteiger partial charge in [-0.1, -0.05) is 0 Å². The van der Waals surface area contributed by atoms with Crippen LogP contribution in [0.2, 0.25) is 4.75 Å². The third-order valence-corrected chi connectivity index (χ3v) is 8.39. The van der Waals surface area contributed by atoms with Gasteiger partial charge in [0.1, 0.15) is 0 Å². The molecule has 1 nitrogen and oxygen atoms in total. The summed E-state index contributed by atoms with van der Waals surface area (Å²) in [5, 5.41) is 0. The molecular formula is C23H18GeO. The molecule has 4 aliphatic rings. The van der Waals surface area contributed by atoms with Crippen LogP contribution in [0.25, 0.3) is 11.1 Å². The van der Waals surface area contributed by atoms with Crippen LogP contribution in [0.15, 0.2) is 78.4 Å². The van der Waals surface area contributed by atoms with Gasteiger partial charge in [0.15, 0.2) is 0 Å². The van der Waals surface area contributed by atoms with Crippen LogP contribution < -0.4 is 0 Å². The minimum absolute atomic E-state index is 0.301. The second-order valence-electron chi connectivity index (χ2n) is 7.39. The summed E-state index contributed by atoms with van der Waals surface area (Å²) in [6.45, 7) is 0. The summed E-state index contributed by atoms with van der Waals surface area (Å²) in [5.41, 5.74) is 8.89. The molecule has 25 heavy (non-hydrogen) atoms. The molecule has 1 unspecified atom stereocenters. The molecule has 2 radical (unpaired) electrons. The van der Waals surface area contributed by atoms with Crippen molar-refractivity contribution < 1.29 is 3.76 Å². The second-order valence-corrected chi connectivity index (χ2v) is 9.68. The summed E-state index contributed by atoms with van der Waals surface area (Å²) in [5.74, 6) is 1.31. The molecule has 0 spiro atoms. The third-order valence-electron chi connectivity index (χ3n) is 6.03. The topological polar surface area (TPSA) is 9.23 Å². The van der Waals surface area contributed by atoms with Crippen LogP contribution in [0.1, 0.15) is 29.0 Å². The maximum absolute atomic E-state index is 6.60. The molecular weight excluding hydrogens is 365 g/mol. The number of hydrogen-bond donors (Lipinski definition) is 0. The van der Waals surface area contributed by atoms with Crippen molar-refractivity contribution in [2.45, 2.75) is 23.2 Å². The van der Waals surface area contributed by atoms with Crippen LogP contribution in [0.5, 0.6) is 0 Å². The van der Waals surface area contributed by atoms with Crippen molar-refractivity contribution in [3.63, 3.8) is 0 Å². The predicted molar refractivity (Wildman–Crippen MR) is 102 cm³/mol. The number of hydrogen-bond acceptors (Lipinski definition) is 1. The van der Waals surface area contributed by atoms with Gasteiger partial charge in [-0.2, -0.15) is 0 Å². The van der Waals surface area contributed by atoms with Crippen molar-refractivity contribution in [3.05, 3.63) is 95.1 Å². The zero-order valence-electron chi connectivity index (χ0n) is 13.9. The third kappa shape index (κ3) is 2.06. The average molecular weight is 383 g/mol. The first-order valence-corrected chi connectivity index (χ1v) is 11.2. The molecule has 2 aromatic rings. The monoisotopic (exact) mass is 384 g/mol. The van der Waals surface area contributed by atoms with Crippen molar-refractivity contribution in [2.24, 2.45) is 5.92 Å². The molecule has 0 amide bonds. The van der Waals surface area contributed by atoms with Crippen molar-refractivity contribution in [1.82, 2.24) is 0 Å². The molecule has 120 valence electrons. The predicted octanol–water partition coefficient (Wildman–Crippen LogP) is 5.02. The van der Waals surface area contributed by atoms with Crippen molar-refractivity contribution in [1.29, 1.82) is 0 Å². The van der Waals surface area contributed by atoms with Gasteiger partial charge >= 0.3 is 155 Å². The molecule has 0 N–H and O–H groups in total. The average Bonchev–Trinajstić information content (AvgIpc) is 3.41. The summed E-state index contributed by atoms with van der Waals surface area (Å²) in [7, 11) is 0. The number of allylic oxidation sites excluding steroid dienone is 5. The Hall–Kier alpha value is -1.84. The van der Waals surface area contributed by atoms with Crippen molar-refractivity contribution in [2.75, 3.05) is 0 Å². The number of benzene rings is 2. The van der Waals surface area contributed by atoms with Gasteiger partial charge in [-0.25, -0.2) is 0 Å². The first-order valence-electron chi connectivity index (χ1n) is 9.10. The summed E-state index contributed by atoms with van der Waals surface area (Å²) >= 11 is -0.423. The first kappa shape index (κ1) is 14.3. The molecule has 1 fully saturated rings. The SMILES string of the molecule is C1=C[CH]2[Ge][O][C@@H]([C@@H]3C[C@H]3c3ccccc3)C3=C2C(=C1)c1ccccc13. The number of fused-ring (bicyclic) bond motifs is 3. The van der Waals surface area contributed by atoms with Crippen molar-refractivity contribution in [3.8, 4) is 0 Å². The fraction of sp³-hybridized carbons (Fsp3) is 0.217. The van der Waals surface area contributed by atoms with Gasteiger partial charge in [0.2, 0.25) is 0 Å². The van der Waals surface area contributed by atoms with E-state index in [9.17, 15) is 0 Å². The molecule has 4 atom stereocenters. The van der Waals surface area contributed by atoms with Gasteiger partial charge in [0.05, 0.1) is 0 Å². The summed E-state index contributed by atoms with van der Waals surface area (Å²) in [6, 6.07) is 19.9. The Balaban J connectivity index is 1.44. The summed E-state index contributed by atoms with van der Waals surface area (Å²) < 4.78 is 7.15. The molecule has 6 rings (SSSR count). The first-order chi connectivity index (χ1) is 12.4. The second kappa shape index (κ2) is 5.33. The number of rotatable bonds is 2. The van der Waals surface area contributed by atoms with Crippen LogP contribution in [-0.2, 0) is 3.76 Å². The Morgan fingerprint density at radius 3 is 2.56 bits per heavy atom. The fourth-order valence-corrected chi connectivity index (χ4v) is 7.33. The van der Waals surface area contributed by atoms with E-state index in [-0.39, 0.29) is 0 Å². The van der Waals surface area contributed by atoms with Gasteiger partial charge in [0.25, 0.3) is 0 Å². The zero-order chi connectivity index (χ0) is 16.4. The molecule has 0 saturated heterocycles. The van der Waals surface area contributed by atoms with E-state index in [1.165, 1.54) is 34.3 Å². The fourth-order valence-electron chi connectivity index (χ4n) is 4.81. The standard InChI is InChI=1S/C23H18GeO/c1-2-7-14(8-3-1)18-13-19(18)23-22-17-10-5-4-9-15(17)16-11-6-12-20(21(16)22)24-25-23/h1-12,18-20,23H,13H2/t18-,19+,20?,23-/m0/s1. The molecule has 1 saturated carbocycles. The van der Waals surface area contributed by atoms with Gasteiger partial charge in [0, 0.05) is 0 Å². The minimum atomic E-state index is -0.423. The normalized spacial score (nSPS) is 31.4. The summed E-state index contributed by atoms with van der Waals surface area (Å²) in [6.07, 6.45) is 8.48. The van der Waals surface area contributed by atoms with E-state index < -0.39 is 15.8 Å². The van der Waals surface area contributed by atoms with Crippen LogP contribution >= 0.6 is 0 Å². The summed E-state index contributed by atoms with van der Waals surface area (Å²) in [4.78, 5) is 0. The van der Waals surface area contributed by atoms with Crippen LogP contribution in [-0.4, -0.2) is 21.9 Å². The van der Waals surface area contributed by atoms with E-state index >= 15 is 0 Å². The van der Waals surface area contributed by atoms with E-state index in [1.54, 1.807) is 5.57 Å². The van der Waals surface area contributed by atoms with E-state index in [1.807, 2.05) is 0 Å². The van der Waals surface area contributed by atoms with Gasteiger partial charge in [-0.15, -0.1) is 0 Å². The quantitative estimate of drug-likeness (QED) is 0.663. The molecule has 2 heteroatoms. The molecule has 1 aliphatic heterocycles. The van der Waals surface area contributed by atoms with E-state index in [0.717, 1.165) is 0 Å². The van der Waals surface area contributed by atoms with Gasteiger partial charge in [-0.3, -0.25) is 0 Å². The van der Waals surface area contributed by atoms with E-state index in [2.05, 4.69) is 72.8 Å². The van der Waals surface area contributed by atoms with Crippen molar-refractivity contribution >= 4 is 26.9 Å². The zero-order valence-corrected chi connectivity index (χ0v) is 16.0. The van der Waals surface area contributed by atoms with Gasteiger partial charge < -0.3 is 0 Å². The van der Waals surface area contributed by atoms with Gasteiger partial charge in [-0.05, 0) is 0 Å². The molecule has 0 aromatic heterocycles. The molecule has 1 heterocycles. The van der Waals surface area contributed by atoms with Crippen LogP contribution in [0.4, 0.5) is 0 Å².